The average molecular weight is 125 g/mol. The molecule has 1 aliphatic rings. The fraction of sp³-hybridized carbons (Fsp3) is 0.500. The van der Waals surface area contributed by atoms with Crippen molar-refractivity contribution in [1.29, 1.82) is 0 Å². The molecule has 0 aliphatic carbocycles. The van der Waals surface area contributed by atoms with Gasteiger partial charge in [0.25, 0.3) is 0 Å². The van der Waals surface area contributed by atoms with E-state index in [0.29, 0.717) is 0 Å². The van der Waals surface area contributed by atoms with Gasteiger partial charge < -0.3 is 10.5 Å². The lowest BCUT2D eigenvalue weighted by molar-refractivity contribution is -0.139. The van der Waals surface area contributed by atoms with Crippen LogP contribution in [0.3, 0.4) is 0 Å². The Morgan fingerprint density at radius 2 is 2.56 bits per heavy atom. The van der Waals surface area contributed by atoms with Crippen molar-refractivity contribution in [3.05, 3.63) is 0 Å². The molecule has 9 heavy (non-hydrogen) atoms. The van der Waals surface area contributed by atoms with E-state index >= 15 is 0 Å². The third kappa shape index (κ3) is 1.03. The van der Waals surface area contributed by atoms with Crippen molar-refractivity contribution < 1.29 is 9.53 Å². The van der Waals surface area contributed by atoms with Gasteiger partial charge in [-0.15, -0.1) is 6.42 Å². The zero-order valence-corrected chi connectivity index (χ0v) is 4.83. The van der Waals surface area contributed by atoms with E-state index in [1.54, 1.807) is 0 Å². The summed E-state index contributed by atoms with van der Waals surface area (Å²) in [6.07, 6.45) is 4.72. The van der Waals surface area contributed by atoms with Crippen LogP contribution in [-0.2, 0) is 9.53 Å². The number of cyclic esters (lactones) is 1. The number of hydrogen-bond donors (Lipinski definition) is 1. The van der Waals surface area contributed by atoms with Crippen molar-refractivity contribution in [3.63, 3.8) is 0 Å². The molecular weight excluding hydrogens is 118 g/mol. The molecule has 2 atom stereocenters. The normalized spacial score (nSPS) is 33.6. The first-order valence-electron chi connectivity index (χ1n) is 2.65. The van der Waals surface area contributed by atoms with E-state index in [2.05, 4.69) is 10.7 Å². The number of nitrogens with two attached hydrogens (primary N) is 1. The number of ether oxygens (including phenoxy) is 1. The second-order valence-corrected chi connectivity index (χ2v) is 1.95. The first-order valence-corrected chi connectivity index (χ1v) is 2.65. The Balaban J connectivity index is 2.60. The molecule has 0 aromatic rings. The zero-order valence-electron chi connectivity index (χ0n) is 4.83. The van der Waals surface area contributed by atoms with E-state index in [9.17, 15) is 4.79 Å². The van der Waals surface area contributed by atoms with Gasteiger partial charge in [-0.2, -0.15) is 0 Å². The number of esters is 1. The van der Waals surface area contributed by atoms with Crippen molar-refractivity contribution in [2.45, 2.75) is 18.6 Å². The third-order valence-electron chi connectivity index (χ3n) is 1.21. The van der Waals surface area contributed by atoms with Gasteiger partial charge in [0.15, 0.2) is 6.10 Å². The van der Waals surface area contributed by atoms with Gasteiger partial charge in [-0.1, -0.05) is 5.92 Å². The number of terminal acetylenes is 1. The zero-order chi connectivity index (χ0) is 6.85. The van der Waals surface area contributed by atoms with Crippen LogP contribution in [0, 0.1) is 12.3 Å². The number of rotatable bonds is 0. The first-order chi connectivity index (χ1) is 4.24. The van der Waals surface area contributed by atoms with Crippen LogP contribution in [0.2, 0.25) is 0 Å². The lowest BCUT2D eigenvalue weighted by Crippen LogP contribution is -2.28. The molecule has 48 valence electrons. The Morgan fingerprint density at radius 3 is 2.78 bits per heavy atom. The maximum Gasteiger partial charge on any atom is 0.308 e. The molecule has 0 radical (unpaired) electrons. The molecule has 2 N–H and O–H groups in total. The Hall–Kier alpha value is -1.01. The maximum atomic E-state index is 10.4. The monoisotopic (exact) mass is 125 g/mol. The van der Waals surface area contributed by atoms with E-state index in [1.807, 2.05) is 0 Å². The predicted molar refractivity (Wildman–Crippen MR) is 31.3 cm³/mol. The minimum atomic E-state index is -0.502. The maximum absolute atomic E-state index is 10.4. The van der Waals surface area contributed by atoms with Crippen LogP contribution < -0.4 is 5.73 Å². The second-order valence-electron chi connectivity index (χ2n) is 1.95. The van der Waals surface area contributed by atoms with E-state index in [-0.39, 0.29) is 18.4 Å². The lowest BCUT2D eigenvalue weighted by atomic mass is 10.2. The summed E-state index contributed by atoms with van der Waals surface area (Å²) < 4.78 is 4.62. The number of hydrogen-bond acceptors (Lipinski definition) is 3. The van der Waals surface area contributed by atoms with Gasteiger partial charge in [0.05, 0.1) is 12.5 Å². The van der Waals surface area contributed by atoms with Gasteiger partial charge >= 0.3 is 5.97 Å². The highest BCUT2D eigenvalue weighted by molar-refractivity contribution is 5.73. The molecule has 3 nitrogen and oxygen atoms in total. The smallest absolute Gasteiger partial charge is 0.308 e. The summed E-state index contributed by atoms with van der Waals surface area (Å²) in [5, 5.41) is 0. The van der Waals surface area contributed by atoms with Crippen LogP contribution in [0.4, 0.5) is 0 Å². The minimum absolute atomic E-state index is 0.245. The standard InChI is InChI=1S/C6H7NO2/c1-2-5-4(7)3-6(8)9-5/h1,4-5H,3,7H2. The summed E-state index contributed by atoms with van der Waals surface area (Å²) in [4.78, 5) is 10.4. The van der Waals surface area contributed by atoms with Gasteiger partial charge in [0, 0.05) is 0 Å². The molecule has 1 heterocycles. The average Bonchev–Trinajstić information content (AvgIpc) is 2.10. The largest absolute Gasteiger partial charge is 0.447 e. The highest BCUT2D eigenvalue weighted by Gasteiger charge is 2.29. The molecular formula is C6H7NO2. The third-order valence-corrected chi connectivity index (χ3v) is 1.21. The predicted octanol–water partition coefficient (Wildman–Crippen LogP) is -0.738. The molecule has 0 spiro atoms. The fourth-order valence-electron chi connectivity index (χ4n) is 0.734. The van der Waals surface area contributed by atoms with Gasteiger partial charge in [-0.05, 0) is 0 Å². The topological polar surface area (TPSA) is 52.3 Å². The molecule has 3 heteroatoms. The second kappa shape index (κ2) is 2.08. The molecule has 1 rings (SSSR count). The van der Waals surface area contributed by atoms with E-state index < -0.39 is 6.10 Å². The molecule has 0 aromatic carbocycles. The van der Waals surface area contributed by atoms with Crippen LogP contribution in [-0.4, -0.2) is 18.1 Å². The van der Waals surface area contributed by atoms with Crippen molar-refractivity contribution in [2.24, 2.45) is 5.73 Å². The van der Waals surface area contributed by atoms with Gasteiger partial charge in [-0.25, -0.2) is 0 Å². The summed E-state index contributed by atoms with van der Waals surface area (Å²) in [5.74, 6) is 1.98. The van der Waals surface area contributed by atoms with Gasteiger partial charge in [0.1, 0.15) is 0 Å². The van der Waals surface area contributed by atoms with E-state index in [1.165, 1.54) is 0 Å². The summed E-state index contributed by atoms with van der Waals surface area (Å²) in [5.41, 5.74) is 5.39. The van der Waals surface area contributed by atoms with Crippen LogP contribution in [0.5, 0.6) is 0 Å². The van der Waals surface area contributed by atoms with Crippen molar-refractivity contribution in [3.8, 4) is 12.3 Å². The Morgan fingerprint density at radius 1 is 1.89 bits per heavy atom. The molecule has 1 aliphatic heterocycles. The Labute approximate surface area is 53.2 Å². The summed E-state index contributed by atoms with van der Waals surface area (Å²) in [6, 6.07) is -0.303. The highest BCUT2D eigenvalue weighted by Crippen LogP contribution is 2.10. The van der Waals surface area contributed by atoms with Crippen molar-refractivity contribution in [2.75, 3.05) is 0 Å². The molecule has 0 saturated carbocycles. The van der Waals surface area contributed by atoms with Crippen LogP contribution in [0.1, 0.15) is 6.42 Å². The summed E-state index contributed by atoms with van der Waals surface area (Å²) in [7, 11) is 0. The molecule has 1 fully saturated rings. The van der Waals surface area contributed by atoms with E-state index in [4.69, 9.17) is 12.2 Å². The lowest BCUT2D eigenvalue weighted by Gasteiger charge is -2.03. The molecule has 0 bridgehead atoms. The molecule has 0 amide bonds. The number of carbonyl (C=O) groups is 1. The van der Waals surface area contributed by atoms with Crippen molar-refractivity contribution >= 4 is 5.97 Å². The fourth-order valence-corrected chi connectivity index (χ4v) is 0.734. The quantitative estimate of drug-likeness (QED) is 0.343. The Bertz CT molecular complexity index is 170. The van der Waals surface area contributed by atoms with Crippen LogP contribution in [0.25, 0.3) is 0 Å². The summed E-state index contributed by atoms with van der Waals surface area (Å²) >= 11 is 0. The minimum Gasteiger partial charge on any atom is -0.447 e. The van der Waals surface area contributed by atoms with Crippen molar-refractivity contribution in [1.82, 2.24) is 0 Å². The molecule has 1 saturated heterocycles. The van der Waals surface area contributed by atoms with E-state index in [0.717, 1.165) is 0 Å². The Kier molecular flexibility index (Phi) is 1.41. The van der Waals surface area contributed by atoms with Crippen LogP contribution in [0.15, 0.2) is 0 Å². The summed E-state index contributed by atoms with van der Waals surface area (Å²) in [6.45, 7) is 0. The first kappa shape index (κ1) is 6.12. The SMILES string of the molecule is C#CC1OC(=O)CC1N. The molecule has 0 aromatic heterocycles. The highest BCUT2D eigenvalue weighted by atomic mass is 16.5. The van der Waals surface area contributed by atoms with Gasteiger partial charge in [-0.3, -0.25) is 4.79 Å². The number of carbonyl (C=O) groups excluding carboxylic acids is 1. The van der Waals surface area contributed by atoms with Crippen LogP contribution >= 0.6 is 0 Å². The van der Waals surface area contributed by atoms with Gasteiger partial charge in [0.2, 0.25) is 0 Å². The molecule has 2 unspecified atom stereocenters.